The summed E-state index contributed by atoms with van der Waals surface area (Å²) in [7, 11) is 0. The molecule has 0 fully saturated rings. The average Bonchev–Trinajstić information content (AvgIpc) is 2.25. The lowest BCUT2D eigenvalue weighted by Gasteiger charge is -2.33. The molecule has 1 N–H and O–H groups in total. The summed E-state index contributed by atoms with van der Waals surface area (Å²) in [5.41, 5.74) is 0. The molecule has 1 unspecified atom stereocenters. The Morgan fingerprint density at radius 2 is 2.13 bits per heavy atom. The number of nitrogens with one attached hydrogen (secondary N) is 1. The van der Waals surface area contributed by atoms with Crippen molar-refractivity contribution in [3.8, 4) is 0 Å². The molecular formula is C13H26N2. The lowest BCUT2D eigenvalue weighted by Crippen LogP contribution is -2.45. The van der Waals surface area contributed by atoms with E-state index in [2.05, 4.69) is 43.1 Å². The first kappa shape index (κ1) is 12.7. The van der Waals surface area contributed by atoms with Gasteiger partial charge in [0.25, 0.3) is 0 Å². The van der Waals surface area contributed by atoms with E-state index >= 15 is 0 Å². The molecule has 0 saturated carbocycles. The highest BCUT2D eigenvalue weighted by atomic mass is 15.2. The lowest BCUT2D eigenvalue weighted by molar-refractivity contribution is 0.194. The van der Waals surface area contributed by atoms with E-state index in [0.717, 1.165) is 19.1 Å². The highest BCUT2D eigenvalue weighted by Crippen LogP contribution is 2.11. The van der Waals surface area contributed by atoms with Gasteiger partial charge < -0.3 is 5.32 Å². The third-order valence-corrected chi connectivity index (χ3v) is 2.99. The van der Waals surface area contributed by atoms with Gasteiger partial charge in [-0.05, 0) is 12.8 Å². The van der Waals surface area contributed by atoms with Crippen LogP contribution in [0.25, 0.3) is 0 Å². The first-order chi connectivity index (χ1) is 7.24. The van der Waals surface area contributed by atoms with E-state index in [-0.39, 0.29) is 0 Å². The molecule has 0 amide bonds. The molecule has 0 saturated heterocycles. The van der Waals surface area contributed by atoms with Gasteiger partial charge in [0.05, 0.1) is 0 Å². The Balaban J connectivity index is 2.37. The highest BCUT2D eigenvalue weighted by Gasteiger charge is 2.17. The summed E-state index contributed by atoms with van der Waals surface area (Å²) in [6.07, 6.45) is 8.43. The second-order valence-corrected chi connectivity index (χ2v) is 4.76. The second kappa shape index (κ2) is 7.02. The van der Waals surface area contributed by atoms with Crippen molar-refractivity contribution >= 4 is 0 Å². The molecule has 1 rings (SSSR count). The van der Waals surface area contributed by atoms with Crippen molar-refractivity contribution < 1.29 is 0 Å². The van der Waals surface area contributed by atoms with Crippen LogP contribution in [0.2, 0.25) is 0 Å². The largest absolute Gasteiger partial charge is 0.313 e. The molecule has 0 aromatic carbocycles. The van der Waals surface area contributed by atoms with E-state index < -0.39 is 0 Å². The summed E-state index contributed by atoms with van der Waals surface area (Å²) in [4.78, 5) is 2.61. The third-order valence-electron chi connectivity index (χ3n) is 2.99. The van der Waals surface area contributed by atoms with Crippen molar-refractivity contribution in [3.63, 3.8) is 0 Å². The number of hydrogen-bond donors (Lipinski definition) is 1. The standard InChI is InChI=1S/C13H26N2/c1-4-8-13(11-14-12(2)3)15-9-6-5-7-10-15/h5-6,12-14H,4,7-11H2,1-3H3. The van der Waals surface area contributed by atoms with Crippen molar-refractivity contribution in [2.24, 2.45) is 0 Å². The minimum atomic E-state index is 0.602. The monoisotopic (exact) mass is 210 g/mol. The Bertz CT molecular complexity index is 187. The van der Waals surface area contributed by atoms with Crippen LogP contribution in [-0.2, 0) is 0 Å². The zero-order valence-corrected chi connectivity index (χ0v) is 10.5. The fourth-order valence-electron chi connectivity index (χ4n) is 2.11. The van der Waals surface area contributed by atoms with Gasteiger partial charge in [-0.1, -0.05) is 39.3 Å². The molecule has 88 valence electrons. The van der Waals surface area contributed by atoms with Gasteiger partial charge in [-0.15, -0.1) is 0 Å². The molecule has 0 aliphatic carbocycles. The molecule has 2 heteroatoms. The summed E-state index contributed by atoms with van der Waals surface area (Å²) in [5.74, 6) is 0. The second-order valence-electron chi connectivity index (χ2n) is 4.76. The van der Waals surface area contributed by atoms with Crippen molar-refractivity contribution in [2.75, 3.05) is 19.6 Å². The topological polar surface area (TPSA) is 15.3 Å². The van der Waals surface area contributed by atoms with Crippen LogP contribution in [0.5, 0.6) is 0 Å². The van der Waals surface area contributed by atoms with E-state index in [1.807, 2.05) is 0 Å². The van der Waals surface area contributed by atoms with Crippen molar-refractivity contribution in [3.05, 3.63) is 12.2 Å². The van der Waals surface area contributed by atoms with Crippen LogP contribution >= 0.6 is 0 Å². The maximum absolute atomic E-state index is 3.56. The molecular weight excluding hydrogens is 184 g/mol. The van der Waals surface area contributed by atoms with Crippen molar-refractivity contribution in [2.45, 2.75) is 52.1 Å². The Hall–Kier alpha value is -0.340. The molecule has 1 aliphatic heterocycles. The summed E-state index contributed by atoms with van der Waals surface area (Å²) in [5, 5.41) is 3.56. The maximum atomic E-state index is 3.56. The third kappa shape index (κ3) is 4.80. The first-order valence-electron chi connectivity index (χ1n) is 6.36. The fourth-order valence-corrected chi connectivity index (χ4v) is 2.11. The molecule has 1 atom stereocenters. The summed E-state index contributed by atoms with van der Waals surface area (Å²) < 4.78 is 0. The van der Waals surface area contributed by atoms with E-state index in [9.17, 15) is 0 Å². The molecule has 15 heavy (non-hydrogen) atoms. The minimum absolute atomic E-state index is 0.602. The van der Waals surface area contributed by atoms with Crippen molar-refractivity contribution in [1.29, 1.82) is 0 Å². The zero-order chi connectivity index (χ0) is 11.1. The molecule has 0 aromatic heterocycles. The molecule has 0 spiro atoms. The van der Waals surface area contributed by atoms with Crippen LogP contribution in [0.15, 0.2) is 12.2 Å². The van der Waals surface area contributed by atoms with E-state index in [1.165, 1.54) is 25.8 Å². The average molecular weight is 210 g/mol. The van der Waals surface area contributed by atoms with Gasteiger partial charge in [0, 0.05) is 31.7 Å². The minimum Gasteiger partial charge on any atom is -0.313 e. The predicted molar refractivity (Wildman–Crippen MR) is 67.2 cm³/mol. The molecule has 0 bridgehead atoms. The van der Waals surface area contributed by atoms with Crippen LogP contribution in [0, 0.1) is 0 Å². The van der Waals surface area contributed by atoms with Gasteiger partial charge in [0.1, 0.15) is 0 Å². The van der Waals surface area contributed by atoms with Crippen LogP contribution in [0.4, 0.5) is 0 Å². The van der Waals surface area contributed by atoms with Crippen molar-refractivity contribution in [1.82, 2.24) is 10.2 Å². The number of rotatable bonds is 6. The molecule has 0 aromatic rings. The summed E-state index contributed by atoms with van der Waals surface area (Å²) >= 11 is 0. The van der Waals surface area contributed by atoms with E-state index in [4.69, 9.17) is 0 Å². The van der Waals surface area contributed by atoms with Crippen LogP contribution in [0.3, 0.4) is 0 Å². The Morgan fingerprint density at radius 1 is 1.33 bits per heavy atom. The smallest absolute Gasteiger partial charge is 0.0224 e. The molecule has 1 aliphatic rings. The van der Waals surface area contributed by atoms with Gasteiger partial charge in [0.2, 0.25) is 0 Å². The number of hydrogen-bond acceptors (Lipinski definition) is 2. The highest BCUT2D eigenvalue weighted by molar-refractivity contribution is 4.93. The van der Waals surface area contributed by atoms with Gasteiger partial charge in [-0.3, -0.25) is 4.90 Å². The van der Waals surface area contributed by atoms with Gasteiger partial charge in [0.15, 0.2) is 0 Å². The van der Waals surface area contributed by atoms with Crippen LogP contribution in [-0.4, -0.2) is 36.6 Å². The van der Waals surface area contributed by atoms with E-state index in [0.29, 0.717) is 6.04 Å². The SMILES string of the molecule is CCCC(CNC(C)C)N1CC=CCC1. The summed E-state index contributed by atoms with van der Waals surface area (Å²) in [6, 6.07) is 1.33. The Kier molecular flexibility index (Phi) is 5.96. The first-order valence-corrected chi connectivity index (χ1v) is 6.36. The Morgan fingerprint density at radius 3 is 2.67 bits per heavy atom. The molecule has 2 nitrogen and oxygen atoms in total. The quantitative estimate of drug-likeness (QED) is 0.677. The van der Waals surface area contributed by atoms with Crippen LogP contribution < -0.4 is 5.32 Å². The normalized spacial score (nSPS) is 19.7. The Labute approximate surface area is 94.7 Å². The van der Waals surface area contributed by atoms with Gasteiger partial charge >= 0.3 is 0 Å². The predicted octanol–water partition coefficient (Wildman–Crippen LogP) is 2.42. The van der Waals surface area contributed by atoms with E-state index in [1.54, 1.807) is 0 Å². The van der Waals surface area contributed by atoms with Crippen LogP contribution in [0.1, 0.15) is 40.0 Å². The summed E-state index contributed by atoms with van der Waals surface area (Å²) in [6.45, 7) is 10.2. The zero-order valence-electron chi connectivity index (χ0n) is 10.5. The lowest BCUT2D eigenvalue weighted by atomic mass is 10.1. The maximum Gasteiger partial charge on any atom is 0.0224 e. The van der Waals surface area contributed by atoms with Gasteiger partial charge in [-0.2, -0.15) is 0 Å². The number of nitrogens with zero attached hydrogens (tertiary/aromatic N) is 1. The van der Waals surface area contributed by atoms with Gasteiger partial charge in [-0.25, -0.2) is 0 Å². The molecule has 0 radical (unpaired) electrons. The fraction of sp³-hybridized carbons (Fsp3) is 0.846. The molecule has 1 heterocycles.